The minimum Gasteiger partial charge on any atom is -0.495 e. The number of hydrogen-bond donors (Lipinski definition) is 1. The molecule has 1 aliphatic rings. The molecule has 3 rings (SSSR count). The monoisotopic (exact) mass is 372 g/mol. The van der Waals surface area contributed by atoms with Crippen LogP contribution in [0.5, 0.6) is 5.75 Å². The Balaban J connectivity index is 1.66. The summed E-state index contributed by atoms with van der Waals surface area (Å²) in [6, 6.07) is 13.0. The Hall–Kier alpha value is -2.53. The van der Waals surface area contributed by atoms with Crippen molar-refractivity contribution in [2.45, 2.75) is 19.9 Å². The lowest BCUT2D eigenvalue weighted by atomic mass is 10.1. The third-order valence-electron chi connectivity index (χ3n) is 4.50. The highest BCUT2D eigenvalue weighted by molar-refractivity contribution is 6.30. The summed E-state index contributed by atoms with van der Waals surface area (Å²) in [5, 5.41) is 3.56. The zero-order valence-corrected chi connectivity index (χ0v) is 15.5. The van der Waals surface area contributed by atoms with Gasteiger partial charge in [-0.2, -0.15) is 0 Å². The fourth-order valence-electron chi connectivity index (χ4n) is 3.06. The SMILES string of the molecule is COc1ccc(C)cc1N1C[C@@H](C(=O)NCc2ccc(Cl)cc2)CC1=O. The first-order chi connectivity index (χ1) is 12.5. The van der Waals surface area contributed by atoms with Crippen LogP contribution in [0.4, 0.5) is 5.69 Å². The number of ether oxygens (including phenoxy) is 1. The van der Waals surface area contributed by atoms with E-state index in [9.17, 15) is 9.59 Å². The van der Waals surface area contributed by atoms with Gasteiger partial charge in [0.05, 0.1) is 18.7 Å². The second-order valence-electron chi connectivity index (χ2n) is 6.42. The molecule has 0 aliphatic carbocycles. The molecule has 1 N–H and O–H groups in total. The lowest BCUT2D eigenvalue weighted by Crippen LogP contribution is -2.32. The first-order valence-corrected chi connectivity index (χ1v) is 8.83. The normalized spacial score (nSPS) is 16.7. The molecule has 2 aromatic rings. The van der Waals surface area contributed by atoms with Crippen molar-refractivity contribution in [3.8, 4) is 5.75 Å². The third-order valence-corrected chi connectivity index (χ3v) is 4.75. The molecule has 0 bridgehead atoms. The molecule has 2 aromatic carbocycles. The van der Waals surface area contributed by atoms with Crippen molar-refractivity contribution in [2.24, 2.45) is 5.92 Å². The average molecular weight is 373 g/mol. The minimum absolute atomic E-state index is 0.0689. The Morgan fingerprint density at radius 1 is 1.27 bits per heavy atom. The molecule has 26 heavy (non-hydrogen) atoms. The van der Waals surface area contributed by atoms with E-state index in [1.807, 2.05) is 37.3 Å². The molecule has 0 spiro atoms. The molecule has 1 heterocycles. The zero-order valence-electron chi connectivity index (χ0n) is 14.8. The van der Waals surface area contributed by atoms with Crippen LogP contribution in [-0.2, 0) is 16.1 Å². The van der Waals surface area contributed by atoms with E-state index >= 15 is 0 Å². The number of carbonyl (C=O) groups excluding carboxylic acids is 2. The smallest absolute Gasteiger partial charge is 0.227 e. The summed E-state index contributed by atoms with van der Waals surface area (Å²) in [6.07, 6.45) is 0.198. The first kappa shape index (κ1) is 18.3. The number of carbonyl (C=O) groups is 2. The Morgan fingerprint density at radius 2 is 2.00 bits per heavy atom. The van der Waals surface area contributed by atoms with Gasteiger partial charge in [-0.15, -0.1) is 0 Å². The Morgan fingerprint density at radius 3 is 2.69 bits per heavy atom. The predicted octanol–water partition coefficient (Wildman–Crippen LogP) is 3.33. The molecular formula is C20H21ClN2O3. The number of methoxy groups -OCH3 is 1. The maximum atomic E-state index is 12.5. The molecule has 1 aliphatic heterocycles. The molecule has 0 radical (unpaired) electrons. The number of aryl methyl sites for hydroxylation is 1. The quantitative estimate of drug-likeness (QED) is 0.875. The van der Waals surface area contributed by atoms with Crippen molar-refractivity contribution in [2.75, 3.05) is 18.6 Å². The van der Waals surface area contributed by atoms with Crippen molar-refractivity contribution in [3.63, 3.8) is 0 Å². The van der Waals surface area contributed by atoms with Crippen LogP contribution >= 0.6 is 11.6 Å². The van der Waals surface area contributed by atoms with E-state index in [1.165, 1.54) is 0 Å². The molecule has 0 saturated carbocycles. The van der Waals surface area contributed by atoms with Crippen molar-refractivity contribution in [3.05, 3.63) is 58.6 Å². The average Bonchev–Trinajstić information content (AvgIpc) is 3.02. The van der Waals surface area contributed by atoms with Gasteiger partial charge in [0.25, 0.3) is 0 Å². The maximum absolute atomic E-state index is 12.5. The Labute approximate surface area is 157 Å². The van der Waals surface area contributed by atoms with Crippen molar-refractivity contribution in [1.29, 1.82) is 0 Å². The second-order valence-corrected chi connectivity index (χ2v) is 6.86. The summed E-state index contributed by atoms with van der Waals surface area (Å²) in [5.41, 5.74) is 2.71. The molecule has 5 nitrogen and oxygen atoms in total. The van der Waals surface area contributed by atoms with Gasteiger partial charge in [0.2, 0.25) is 11.8 Å². The van der Waals surface area contributed by atoms with Crippen LogP contribution < -0.4 is 15.0 Å². The van der Waals surface area contributed by atoms with Crippen LogP contribution in [-0.4, -0.2) is 25.5 Å². The lowest BCUT2D eigenvalue weighted by Gasteiger charge is -2.20. The topological polar surface area (TPSA) is 58.6 Å². The summed E-state index contributed by atoms with van der Waals surface area (Å²) in [6.45, 7) is 2.72. The highest BCUT2D eigenvalue weighted by Gasteiger charge is 2.36. The predicted molar refractivity (Wildman–Crippen MR) is 101 cm³/mol. The largest absolute Gasteiger partial charge is 0.495 e. The van der Waals surface area contributed by atoms with Gasteiger partial charge < -0.3 is 15.0 Å². The summed E-state index contributed by atoms with van der Waals surface area (Å²) >= 11 is 5.86. The first-order valence-electron chi connectivity index (χ1n) is 8.45. The van der Waals surface area contributed by atoms with E-state index < -0.39 is 0 Å². The Kier molecular flexibility index (Phi) is 5.47. The Bertz CT molecular complexity index is 820. The third kappa shape index (κ3) is 3.99. The van der Waals surface area contributed by atoms with Crippen molar-refractivity contribution < 1.29 is 14.3 Å². The number of halogens is 1. The molecule has 1 fully saturated rings. The molecule has 0 unspecified atom stereocenters. The van der Waals surface area contributed by atoms with Crippen LogP contribution in [0, 0.1) is 12.8 Å². The van der Waals surface area contributed by atoms with Gasteiger partial charge in [-0.3, -0.25) is 9.59 Å². The molecular weight excluding hydrogens is 352 g/mol. The van der Waals surface area contributed by atoms with Crippen molar-refractivity contribution in [1.82, 2.24) is 5.32 Å². The van der Waals surface area contributed by atoms with E-state index in [1.54, 1.807) is 24.1 Å². The maximum Gasteiger partial charge on any atom is 0.227 e. The number of benzene rings is 2. The molecule has 2 amide bonds. The lowest BCUT2D eigenvalue weighted by molar-refractivity contribution is -0.126. The van der Waals surface area contributed by atoms with E-state index in [-0.39, 0.29) is 24.2 Å². The van der Waals surface area contributed by atoms with Gasteiger partial charge in [0.15, 0.2) is 0 Å². The van der Waals surface area contributed by atoms with Gasteiger partial charge in [-0.05, 0) is 42.3 Å². The van der Waals surface area contributed by atoms with E-state index in [4.69, 9.17) is 16.3 Å². The fraction of sp³-hybridized carbons (Fsp3) is 0.300. The van der Waals surface area contributed by atoms with Gasteiger partial charge in [0, 0.05) is 24.5 Å². The number of nitrogens with zero attached hydrogens (tertiary/aromatic N) is 1. The molecule has 1 saturated heterocycles. The molecule has 6 heteroatoms. The van der Waals surface area contributed by atoms with E-state index in [0.717, 1.165) is 11.1 Å². The summed E-state index contributed by atoms with van der Waals surface area (Å²) in [4.78, 5) is 26.6. The molecule has 0 aromatic heterocycles. The van der Waals surface area contributed by atoms with Crippen LogP contribution in [0.15, 0.2) is 42.5 Å². The van der Waals surface area contributed by atoms with Crippen molar-refractivity contribution >= 4 is 29.1 Å². The fourth-order valence-corrected chi connectivity index (χ4v) is 3.19. The number of rotatable bonds is 5. The minimum atomic E-state index is -0.375. The highest BCUT2D eigenvalue weighted by atomic mass is 35.5. The van der Waals surface area contributed by atoms with E-state index in [0.29, 0.717) is 29.5 Å². The standard InChI is InChI=1S/C20H21ClN2O3/c1-13-3-8-18(26-2)17(9-13)23-12-15(10-19(23)24)20(25)22-11-14-4-6-16(21)7-5-14/h3-9,15H,10-12H2,1-2H3,(H,22,25)/t15-/m0/s1. The number of amides is 2. The number of nitrogens with one attached hydrogen (secondary N) is 1. The van der Waals surface area contributed by atoms with Gasteiger partial charge in [0.1, 0.15) is 5.75 Å². The van der Waals surface area contributed by atoms with Crippen LogP contribution in [0.2, 0.25) is 5.02 Å². The summed E-state index contributed by atoms with van der Waals surface area (Å²) < 4.78 is 5.37. The zero-order chi connectivity index (χ0) is 18.7. The van der Waals surface area contributed by atoms with Crippen LogP contribution in [0.1, 0.15) is 17.5 Å². The van der Waals surface area contributed by atoms with Gasteiger partial charge in [-0.1, -0.05) is 29.8 Å². The van der Waals surface area contributed by atoms with Gasteiger partial charge >= 0.3 is 0 Å². The summed E-state index contributed by atoms with van der Waals surface area (Å²) in [7, 11) is 1.57. The number of hydrogen-bond acceptors (Lipinski definition) is 3. The molecule has 136 valence electrons. The second kappa shape index (κ2) is 7.79. The van der Waals surface area contributed by atoms with E-state index in [2.05, 4.69) is 5.32 Å². The van der Waals surface area contributed by atoms with Crippen LogP contribution in [0.25, 0.3) is 0 Å². The van der Waals surface area contributed by atoms with Gasteiger partial charge in [-0.25, -0.2) is 0 Å². The molecule has 1 atom stereocenters. The number of anilines is 1. The summed E-state index contributed by atoms with van der Waals surface area (Å²) in [5.74, 6) is 0.0640. The van der Waals surface area contributed by atoms with Crippen LogP contribution in [0.3, 0.4) is 0 Å². The highest BCUT2D eigenvalue weighted by Crippen LogP contribution is 2.33.